The number of hydrogen-bond donors (Lipinski definition) is 2. The molecule has 98 valence electrons. The van der Waals surface area contributed by atoms with Gasteiger partial charge >= 0.3 is 0 Å². The quantitative estimate of drug-likeness (QED) is 0.695. The highest BCUT2D eigenvalue weighted by atomic mass is 16.5. The number of rotatable bonds is 3. The van der Waals surface area contributed by atoms with Crippen molar-refractivity contribution in [3.05, 3.63) is 0 Å². The van der Waals surface area contributed by atoms with Crippen LogP contribution in [0.3, 0.4) is 0 Å². The zero-order valence-electron chi connectivity index (χ0n) is 10.6. The van der Waals surface area contributed by atoms with Crippen LogP contribution in [0, 0.1) is 5.92 Å². The van der Waals surface area contributed by atoms with Crippen LogP contribution in [0.5, 0.6) is 0 Å². The van der Waals surface area contributed by atoms with Crippen LogP contribution in [0.25, 0.3) is 0 Å². The van der Waals surface area contributed by atoms with E-state index in [1.165, 1.54) is 0 Å². The molecule has 0 spiro atoms. The third-order valence-electron chi connectivity index (χ3n) is 3.51. The van der Waals surface area contributed by atoms with Crippen LogP contribution in [-0.2, 0) is 9.53 Å². The lowest BCUT2D eigenvalue weighted by Crippen LogP contribution is -2.48. The van der Waals surface area contributed by atoms with Crippen molar-refractivity contribution in [1.82, 2.24) is 15.5 Å². The van der Waals surface area contributed by atoms with Crippen LogP contribution >= 0.6 is 0 Å². The van der Waals surface area contributed by atoms with E-state index in [1.807, 2.05) is 0 Å². The highest BCUT2D eigenvalue weighted by Gasteiger charge is 2.23. The van der Waals surface area contributed by atoms with Gasteiger partial charge in [-0.3, -0.25) is 4.79 Å². The Labute approximate surface area is 103 Å². The Morgan fingerprint density at radius 2 is 2.47 bits per heavy atom. The Kier molecular flexibility index (Phi) is 4.76. The molecule has 5 nitrogen and oxygen atoms in total. The van der Waals surface area contributed by atoms with E-state index in [0.29, 0.717) is 6.54 Å². The van der Waals surface area contributed by atoms with Crippen molar-refractivity contribution in [3.63, 3.8) is 0 Å². The summed E-state index contributed by atoms with van der Waals surface area (Å²) in [5.74, 6) is 0.319. The number of carbonyl (C=O) groups is 1. The fourth-order valence-electron chi connectivity index (χ4n) is 2.42. The van der Waals surface area contributed by atoms with Crippen LogP contribution in [0.4, 0.5) is 0 Å². The minimum atomic E-state index is 0.144. The van der Waals surface area contributed by atoms with Crippen molar-refractivity contribution < 1.29 is 9.53 Å². The maximum absolute atomic E-state index is 11.9. The maximum atomic E-state index is 11.9. The molecular formula is C12H23N3O2. The van der Waals surface area contributed by atoms with Crippen molar-refractivity contribution in [1.29, 1.82) is 0 Å². The SMILES string of the molecule is CN1CCOC(CNC(=O)[C@H]2CCCNC2)C1. The molecular weight excluding hydrogens is 218 g/mol. The van der Waals surface area contributed by atoms with Gasteiger partial charge in [0.15, 0.2) is 0 Å². The Morgan fingerprint density at radius 1 is 1.59 bits per heavy atom. The van der Waals surface area contributed by atoms with Gasteiger partial charge in [0.1, 0.15) is 0 Å². The molecule has 2 fully saturated rings. The lowest BCUT2D eigenvalue weighted by molar-refractivity contribution is -0.126. The van der Waals surface area contributed by atoms with Crippen LogP contribution in [-0.4, -0.2) is 63.3 Å². The first-order valence-corrected chi connectivity index (χ1v) is 6.54. The third kappa shape index (κ3) is 3.94. The molecule has 0 aromatic carbocycles. The fourth-order valence-corrected chi connectivity index (χ4v) is 2.42. The lowest BCUT2D eigenvalue weighted by atomic mass is 9.99. The van der Waals surface area contributed by atoms with Gasteiger partial charge < -0.3 is 20.3 Å². The Morgan fingerprint density at radius 3 is 3.18 bits per heavy atom. The van der Waals surface area contributed by atoms with Gasteiger partial charge in [-0.15, -0.1) is 0 Å². The summed E-state index contributed by atoms with van der Waals surface area (Å²) in [5.41, 5.74) is 0. The van der Waals surface area contributed by atoms with E-state index >= 15 is 0 Å². The second kappa shape index (κ2) is 6.33. The van der Waals surface area contributed by atoms with Crippen molar-refractivity contribution in [2.24, 2.45) is 5.92 Å². The van der Waals surface area contributed by atoms with Crippen molar-refractivity contribution >= 4 is 5.91 Å². The topological polar surface area (TPSA) is 53.6 Å². The minimum Gasteiger partial charge on any atom is -0.374 e. The number of carbonyl (C=O) groups excluding carboxylic acids is 1. The van der Waals surface area contributed by atoms with Gasteiger partial charge in [0, 0.05) is 26.2 Å². The number of hydrogen-bond acceptors (Lipinski definition) is 4. The van der Waals surface area contributed by atoms with Crippen LogP contribution in [0.15, 0.2) is 0 Å². The summed E-state index contributed by atoms with van der Waals surface area (Å²) in [6.45, 7) is 5.15. The van der Waals surface area contributed by atoms with Gasteiger partial charge in [0.2, 0.25) is 5.91 Å². The zero-order chi connectivity index (χ0) is 12.1. The number of nitrogens with zero attached hydrogens (tertiary/aromatic N) is 1. The van der Waals surface area contributed by atoms with Crippen LogP contribution < -0.4 is 10.6 Å². The van der Waals surface area contributed by atoms with Gasteiger partial charge in [0.25, 0.3) is 0 Å². The monoisotopic (exact) mass is 241 g/mol. The largest absolute Gasteiger partial charge is 0.374 e. The first-order valence-electron chi connectivity index (χ1n) is 6.54. The first-order chi connectivity index (χ1) is 8.25. The summed E-state index contributed by atoms with van der Waals surface area (Å²) in [4.78, 5) is 14.1. The predicted octanol–water partition coefficient (Wildman–Crippen LogP) is -0.567. The summed E-state index contributed by atoms with van der Waals surface area (Å²) in [6.07, 6.45) is 2.25. The molecule has 2 saturated heterocycles. The second-order valence-electron chi connectivity index (χ2n) is 5.04. The zero-order valence-corrected chi connectivity index (χ0v) is 10.6. The standard InChI is InChI=1S/C12H23N3O2/c1-15-5-6-17-11(9-15)8-14-12(16)10-3-2-4-13-7-10/h10-11,13H,2-9H2,1H3,(H,14,16)/t10-,11?/m0/s1. The Bertz CT molecular complexity index is 254. The lowest BCUT2D eigenvalue weighted by Gasteiger charge is -2.30. The molecule has 0 radical (unpaired) electrons. The van der Waals surface area contributed by atoms with E-state index in [2.05, 4.69) is 22.6 Å². The molecule has 0 saturated carbocycles. The average Bonchev–Trinajstić information content (AvgIpc) is 2.37. The molecule has 1 unspecified atom stereocenters. The number of likely N-dealkylation sites (N-methyl/N-ethyl adjacent to an activating group) is 1. The van der Waals surface area contributed by atoms with Gasteiger partial charge in [-0.2, -0.15) is 0 Å². The van der Waals surface area contributed by atoms with E-state index in [1.54, 1.807) is 0 Å². The minimum absolute atomic E-state index is 0.144. The number of piperidine rings is 1. The highest BCUT2D eigenvalue weighted by molar-refractivity contribution is 5.78. The molecule has 2 aliphatic rings. The number of morpholine rings is 1. The number of amides is 1. The molecule has 2 rings (SSSR count). The van der Waals surface area contributed by atoms with E-state index in [9.17, 15) is 4.79 Å². The van der Waals surface area contributed by atoms with Crippen LogP contribution in [0.2, 0.25) is 0 Å². The summed E-state index contributed by atoms with van der Waals surface area (Å²) >= 11 is 0. The molecule has 1 amide bonds. The van der Waals surface area contributed by atoms with E-state index in [4.69, 9.17) is 4.74 Å². The van der Waals surface area contributed by atoms with Crippen molar-refractivity contribution in [2.75, 3.05) is 46.4 Å². The first kappa shape index (κ1) is 12.8. The van der Waals surface area contributed by atoms with E-state index in [-0.39, 0.29) is 17.9 Å². The molecule has 17 heavy (non-hydrogen) atoms. The molecule has 5 heteroatoms. The van der Waals surface area contributed by atoms with Gasteiger partial charge in [-0.05, 0) is 26.4 Å². The Balaban J connectivity index is 1.68. The van der Waals surface area contributed by atoms with E-state index < -0.39 is 0 Å². The van der Waals surface area contributed by atoms with Crippen molar-refractivity contribution in [3.8, 4) is 0 Å². The smallest absolute Gasteiger partial charge is 0.224 e. The summed E-state index contributed by atoms with van der Waals surface area (Å²) in [7, 11) is 2.09. The molecule has 2 heterocycles. The number of nitrogens with one attached hydrogen (secondary N) is 2. The second-order valence-corrected chi connectivity index (χ2v) is 5.04. The van der Waals surface area contributed by atoms with Gasteiger partial charge in [0.05, 0.1) is 18.6 Å². The molecule has 0 bridgehead atoms. The summed E-state index contributed by atoms with van der Waals surface area (Å²) in [6, 6.07) is 0. The maximum Gasteiger partial charge on any atom is 0.224 e. The molecule has 2 N–H and O–H groups in total. The van der Waals surface area contributed by atoms with Crippen LogP contribution in [0.1, 0.15) is 12.8 Å². The molecule has 2 atom stereocenters. The summed E-state index contributed by atoms with van der Waals surface area (Å²) in [5, 5.41) is 6.27. The van der Waals surface area contributed by atoms with E-state index in [0.717, 1.165) is 45.6 Å². The number of ether oxygens (including phenoxy) is 1. The highest BCUT2D eigenvalue weighted by Crippen LogP contribution is 2.10. The molecule has 2 aliphatic heterocycles. The fraction of sp³-hybridized carbons (Fsp3) is 0.917. The summed E-state index contributed by atoms with van der Waals surface area (Å²) < 4.78 is 5.61. The molecule has 0 aliphatic carbocycles. The normalized spacial score (nSPS) is 31.1. The third-order valence-corrected chi connectivity index (χ3v) is 3.51. The average molecular weight is 241 g/mol. The van der Waals surface area contributed by atoms with Gasteiger partial charge in [-0.1, -0.05) is 0 Å². The molecule has 0 aromatic heterocycles. The Hall–Kier alpha value is -0.650. The molecule has 0 aromatic rings. The van der Waals surface area contributed by atoms with Gasteiger partial charge in [-0.25, -0.2) is 0 Å². The van der Waals surface area contributed by atoms with Crippen molar-refractivity contribution in [2.45, 2.75) is 18.9 Å². The predicted molar refractivity (Wildman–Crippen MR) is 65.8 cm³/mol.